The zero-order chi connectivity index (χ0) is 13.7. The average Bonchev–Trinajstić information content (AvgIpc) is 2.61. The molecule has 102 valence electrons. The second-order valence-corrected chi connectivity index (χ2v) is 4.99. The molecule has 0 aromatic carbocycles. The Kier molecular flexibility index (Phi) is 5.34. The van der Waals surface area contributed by atoms with Gasteiger partial charge in [-0.3, -0.25) is 14.8 Å². The van der Waals surface area contributed by atoms with Crippen molar-refractivity contribution in [2.24, 2.45) is 13.0 Å². The van der Waals surface area contributed by atoms with Crippen LogP contribution in [0.3, 0.4) is 0 Å². The number of hydrogen-bond acceptors (Lipinski definition) is 4. The van der Waals surface area contributed by atoms with Crippen LogP contribution in [0.15, 0.2) is 6.07 Å². The molecule has 0 aliphatic carbocycles. The monoisotopic (exact) mass is 253 g/mol. The van der Waals surface area contributed by atoms with Crippen LogP contribution in [-0.4, -0.2) is 28.9 Å². The highest BCUT2D eigenvalue weighted by atomic mass is 16.5. The van der Waals surface area contributed by atoms with E-state index in [1.807, 2.05) is 24.7 Å². The molecule has 5 nitrogen and oxygen atoms in total. The summed E-state index contributed by atoms with van der Waals surface area (Å²) in [5.74, 6) is 0.234. The minimum Gasteiger partial charge on any atom is -0.468 e. The maximum atomic E-state index is 11.7. The van der Waals surface area contributed by atoms with E-state index in [4.69, 9.17) is 4.74 Å². The predicted molar refractivity (Wildman–Crippen MR) is 70.0 cm³/mol. The summed E-state index contributed by atoms with van der Waals surface area (Å²) in [7, 11) is 3.32. The Balaban J connectivity index is 2.61. The van der Waals surface area contributed by atoms with Gasteiger partial charge in [-0.15, -0.1) is 0 Å². The molecule has 0 saturated heterocycles. The van der Waals surface area contributed by atoms with E-state index in [0.717, 1.165) is 17.8 Å². The van der Waals surface area contributed by atoms with Crippen molar-refractivity contribution < 1.29 is 9.53 Å². The maximum absolute atomic E-state index is 11.7. The topological polar surface area (TPSA) is 56.1 Å². The van der Waals surface area contributed by atoms with Gasteiger partial charge >= 0.3 is 5.97 Å². The molecule has 0 amide bonds. The smallest absolute Gasteiger partial charge is 0.322 e. The largest absolute Gasteiger partial charge is 0.468 e. The van der Waals surface area contributed by atoms with Gasteiger partial charge in [-0.2, -0.15) is 5.10 Å². The Morgan fingerprint density at radius 3 is 2.67 bits per heavy atom. The molecule has 5 heteroatoms. The molecule has 1 aromatic heterocycles. The molecule has 1 atom stereocenters. The summed E-state index contributed by atoms with van der Waals surface area (Å²) in [5.41, 5.74) is 2.04. The molecule has 0 saturated carbocycles. The van der Waals surface area contributed by atoms with Crippen LogP contribution in [0.25, 0.3) is 0 Å². The summed E-state index contributed by atoms with van der Waals surface area (Å²) >= 11 is 0. The molecule has 1 N–H and O–H groups in total. The molecule has 1 aromatic rings. The number of nitrogens with zero attached hydrogens (tertiary/aromatic N) is 2. The van der Waals surface area contributed by atoms with Crippen LogP contribution in [0.1, 0.15) is 31.7 Å². The number of carbonyl (C=O) groups is 1. The zero-order valence-corrected chi connectivity index (χ0v) is 11.9. The Labute approximate surface area is 109 Å². The molecule has 1 heterocycles. The van der Waals surface area contributed by atoms with E-state index in [0.29, 0.717) is 12.5 Å². The third-order valence-corrected chi connectivity index (χ3v) is 2.82. The van der Waals surface area contributed by atoms with Crippen molar-refractivity contribution in [3.8, 4) is 0 Å². The first-order chi connectivity index (χ1) is 8.43. The summed E-state index contributed by atoms with van der Waals surface area (Å²) in [6, 6.07) is 1.75. The van der Waals surface area contributed by atoms with Crippen molar-refractivity contribution in [1.29, 1.82) is 0 Å². The summed E-state index contributed by atoms with van der Waals surface area (Å²) < 4.78 is 6.64. The van der Waals surface area contributed by atoms with Crippen LogP contribution < -0.4 is 5.32 Å². The van der Waals surface area contributed by atoms with Gasteiger partial charge in [-0.1, -0.05) is 13.8 Å². The van der Waals surface area contributed by atoms with E-state index in [-0.39, 0.29) is 12.0 Å². The lowest BCUT2D eigenvalue weighted by atomic mass is 10.0. The average molecular weight is 253 g/mol. The van der Waals surface area contributed by atoms with E-state index in [1.54, 1.807) is 0 Å². The first-order valence-electron chi connectivity index (χ1n) is 6.24. The highest BCUT2D eigenvalue weighted by Crippen LogP contribution is 2.08. The van der Waals surface area contributed by atoms with Crippen molar-refractivity contribution in [3.63, 3.8) is 0 Å². The SMILES string of the molecule is COC(=O)C(CC(C)C)NCc1cc(C)nn1C. The highest BCUT2D eigenvalue weighted by molar-refractivity contribution is 5.75. The van der Waals surface area contributed by atoms with E-state index < -0.39 is 0 Å². The fraction of sp³-hybridized carbons (Fsp3) is 0.692. The van der Waals surface area contributed by atoms with Crippen LogP contribution in [0.2, 0.25) is 0 Å². The molecule has 0 fully saturated rings. The third kappa shape index (κ3) is 4.14. The van der Waals surface area contributed by atoms with Crippen molar-refractivity contribution in [2.75, 3.05) is 7.11 Å². The van der Waals surface area contributed by atoms with Crippen molar-refractivity contribution in [2.45, 2.75) is 39.8 Å². The summed E-state index contributed by atoms with van der Waals surface area (Å²) in [6.07, 6.45) is 0.767. The predicted octanol–water partition coefficient (Wildman–Crippen LogP) is 1.41. The van der Waals surface area contributed by atoms with E-state index >= 15 is 0 Å². The molecule has 0 aliphatic heterocycles. The van der Waals surface area contributed by atoms with Crippen molar-refractivity contribution >= 4 is 5.97 Å². The fourth-order valence-corrected chi connectivity index (χ4v) is 1.93. The first kappa shape index (κ1) is 14.7. The Bertz CT molecular complexity index is 399. The van der Waals surface area contributed by atoms with E-state index in [1.165, 1.54) is 7.11 Å². The number of carbonyl (C=O) groups excluding carboxylic acids is 1. The van der Waals surface area contributed by atoms with E-state index in [2.05, 4.69) is 24.3 Å². The Morgan fingerprint density at radius 2 is 2.22 bits per heavy atom. The van der Waals surface area contributed by atoms with Crippen LogP contribution in [-0.2, 0) is 23.1 Å². The van der Waals surface area contributed by atoms with Gasteiger partial charge in [0.05, 0.1) is 18.5 Å². The molecular formula is C13H23N3O2. The molecule has 0 radical (unpaired) electrons. The standard InChI is InChI=1S/C13H23N3O2/c1-9(2)6-12(13(17)18-5)14-8-11-7-10(3)15-16(11)4/h7,9,12,14H,6,8H2,1-5H3. The number of rotatable bonds is 6. The molecule has 18 heavy (non-hydrogen) atoms. The molecule has 0 bridgehead atoms. The summed E-state index contributed by atoms with van der Waals surface area (Å²) in [6.45, 7) is 6.75. The van der Waals surface area contributed by atoms with E-state index in [9.17, 15) is 4.79 Å². The first-order valence-corrected chi connectivity index (χ1v) is 6.24. The van der Waals surface area contributed by atoms with Crippen molar-refractivity contribution in [1.82, 2.24) is 15.1 Å². The maximum Gasteiger partial charge on any atom is 0.322 e. The van der Waals surface area contributed by atoms with Gasteiger partial charge in [-0.25, -0.2) is 0 Å². The van der Waals surface area contributed by atoms with Gasteiger partial charge in [0, 0.05) is 13.6 Å². The van der Waals surface area contributed by atoms with Gasteiger partial charge in [0.1, 0.15) is 6.04 Å². The van der Waals surface area contributed by atoms with Gasteiger partial charge < -0.3 is 4.74 Å². The second-order valence-electron chi connectivity index (χ2n) is 4.99. The Hall–Kier alpha value is -1.36. The zero-order valence-electron chi connectivity index (χ0n) is 11.9. The molecule has 0 aliphatic rings. The minimum absolute atomic E-state index is 0.206. The normalized spacial score (nSPS) is 12.8. The lowest BCUT2D eigenvalue weighted by molar-refractivity contribution is -0.143. The quantitative estimate of drug-likeness (QED) is 0.779. The van der Waals surface area contributed by atoms with Gasteiger partial charge in [0.15, 0.2) is 0 Å². The van der Waals surface area contributed by atoms with Gasteiger partial charge in [0.25, 0.3) is 0 Å². The molecule has 0 spiro atoms. The lowest BCUT2D eigenvalue weighted by Crippen LogP contribution is -2.38. The molecule has 1 unspecified atom stereocenters. The lowest BCUT2D eigenvalue weighted by Gasteiger charge is -2.18. The van der Waals surface area contributed by atoms with Gasteiger partial charge in [-0.05, 0) is 25.3 Å². The van der Waals surface area contributed by atoms with Gasteiger partial charge in [0.2, 0.25) is 0 Å². The Morgan fingerprint density at radius 1 is 1.56 bits per heavy atom. The fourth-order valence-electron chi connectivity index (χ4n) is 1.93. The van der Waals surface area contributed by atoms with Crippen LogP contribution >= 0.6 is 0 Å². The number of hydrogen-bond donors (Lipinski definition) is 1. The third-order valence-electron chi connectivity index (χ3n) is 2.82. The highest BCUT2D eigenvalue weighted by Gasteiger charge is 2.20. The number of esters is 1. The van der Waals surface area contributed by atoms with Crippen molar-refractivity contribution in [3.05, 3.63) is 17.5 Å². The molecule has 1 rings (SSSR count). The number of nitrogens with one attached hydrogen (secondary N) is 1. The minimum atomic E-state index is -0.259. The second kappa shape index (κ2) is 6.54. The molecular weight excluding hydrogens is 230 g/mol. The number of aryl methyl sites for hydroxylation is 2. The number of ether oxygens (including phenoxy) is 1. The van der Waals surface area contributed by atoms with Crippen LogP contribution in [0, 0.1) is 12.8 Å². The summed E-state index contributed by atoms with van der Waals surface area (Å²) in [4.78, 5) is 11.7. The number of aromatic nitrogens is 2. The summed E-state index contributed by atoms with van der Waals surface area (Å²) in [5, 5.41) is 7.51. The number of methoxy groups -OCH3 is 1. The van der Waals surface area contributed by atoms with Crippen LogP contribution in [0.5, 0.6) is 0 Å². The van der Waals surface area contributed by atoms with Crippen LogP contribution in [0.4, 0.5) is 0 Å².